The lowest BCUT2D eigenvalue weighted by atomic mass is 10.2. The fraction of sp³-hybridized carbons (Fsp3) is 1.00. The van der Waals surface area contributed by atoms with Gasteiger partial charge >= 0.3 is 0 Å². The molecular formula is C10H21NO. The monoisotopic (exact) mass is 171 g/mol. The molecule has 0 aromatic carbocycles. The average molecular weight is 171 g/mol. The van der Waals surface area contributed by atoms with Gasteiger partial charge in [0.1, 0.15) is 0 Å². The van der Waals surface area contributed by atoms with Crippen molar-refractivity contribution in [1.29, 1.82) is 0 Å². The molecule has 0 aromatic rings. The molecule has 1 fully saturated rings. The van der Waals surface area contributed by atoms with Gasteiger partial charge in [-0.15, -0.1) is 0 Å². The molecule has 2 nitrogen and oxygen atoms in total. The Labute approximate surface area is 75.7 Å². The Kier molecular flexibility index (Phi) is 4.62. The summed E-state index contributed by atoms with van der Waals surface area (Å²) in [7, 11) is 0. The fourth-order valence-corrected chi connectivity index (χ4v) is 1.07. The first kappa shape index (κ1) is 10.0. The zero-order valence-corrected chi connectivity index (χ0v) is 8.31. The molecule has 1 N–H and O–H groups in total. The number of nitrogens with one attached hydrogen (secondary N) is 1. The van der Waals surface area contributed by atoms with Crippen LogP contribution in [0, 0.1) is 11.8 Å². The van der Waals surface area contributed by atoms with Gasteiger partial charge < -0.3 is 10.1 Å². The number of ether oxygens (including phenoxy) is 1. The maximum absolute atomic E-state index is 5.48. The lowest BCUT2D eigenvalue weighted by Crippen LogP contribution is -2.24. The van der Waals surface area contributed by atoms with E-state index in [1.165, 1.54) is 12.8 Å². The Balaban J connectivity index is 1.70. The number of hydrogen-bond acceptors (Lipinski definition) is 2. The molecule has 2 heteroatoms. The molecule has 0 spiro atoms. The van der Waals surface area contributed by atoms with Crippen LogP contribution in [0.1, 0.15) is 26.7 Å². The van der Waals surface area contributed by atoms with Gasteiger partial charge in [-0.25, -0.2) is 0 Å². The van der Waals surface area contributed by atoms with Gasteiger partial charge in [0.2, 0.25) is 0 Å². The predicted molar refractivity (Wildman–Crippen MR) is 51.3 cm³/mol. The second-order valence-electron chi connectivity index (χ2n) is 4.12. The van der Waals surface area contributed by atoms with Crippen molar-refractivity contribution < 1.29 is 4.74 Å². The summed E-state index contributed by atoms with van der Waals surface area (Å²) in [5, 5.41) is 3.35. The quantitative estimate of drug-likeness (QED) is 0.588. The Bertz CT molecular complexity index is 104. The van der Waals surface area contributed by atoms with Gasteiger partial charge in [-0.2, -0.15) is 0 Å². The Morgan fingerprint density at radius 1 is 1.42 bits per heavy atom. The summed E-state index contributed by atoms with van der Waals surface area (Å²) in [5.41, 5.74) is 0. The van der Waals surface area contributed by atoms with E-state index in [0.717, 1.165) is 38.1 Å². The van der Waals surface area contributed by atoms with Gasteiger partial charge in [-0.05, 0) is 31.2 Å². The summed E-state index contributed by atoms with van der Waals surface area (Å²) in [6.45, 7) is 8.42. The Morgan fingerprint density at radius 2 is 2.17 bits per heavy atom. The molecule has 12 heavy (non-hydrogen) atoms. The lowest BCUT2D eigenvalue weighted by Gasteiger charge is -2.07. The van der Waals surface area contributed by atoms with E-state index in [2.05, 4.69) is 19.2 Å². The fourth-order valence-electron chi connectivity index (χ4n) is 1.07. The highest BCUT2D eigenvalue weighted by Crippen LogP contribution is 2.28. The van der Waals surface area contributed by atoms with Crippen LogP contribution in [0.2, 0.25) is 0 Å². The summed E-state index contributed by atoms with van der Waals surface area (Å²) in [6, 6.07) is 0. The van der Waals surface area contributed by atoms with E-state index in [1.807, 2.05) is 0 Å². The minimum atomic E-state index is 0.744. The average Bonchev–Trinajstić information content (AvgIpc) is 2.79. The number of rotatable bonds is 7. The van der Waals surface area contributed by atoms with E-state index < -0.39 is 0 Å². The molecule has 1 saturated carbocycles. The molecule has 1 rings (SSSR count). The molecule has 1 aliphatic carbocycles. The first-order valence-electron chi connectivity index (χ1n) is 5.07. The van der Waals surface area contributed by atoms with Crippen molar-refractivity contribution in [2.24, 2.45) is 11.8 Å². The highest BCUT2D eigenvalue weighted by atomic mass is 16.5. The molecular weight excluding hydrogens is 150 g/mol. The Morgan fingerprint density at radius 3 is 2.75 bits per heavy atom. The van der Waals surface area contributed by atoms with E-state index in [0.29, 0.717) is 0 Å². The standard InChI is InChI=1S/C10H21NO/c1-9(2)7-11-5-6-12-8-10-3-4-10/h9-11H,3-8H2,1-2H3. The third-order valence-electron chi connectivity index (χ3n) is 2.03. The highest BCUT2D eigenvalue weighted by Gasteiger charge is 2.20. The molecule has 0 unspecified atom stereocenters. The van der Waals surface area contributed by atoms with Crippen molar-refractivity contribution in [3.05, 3.63) is 0 Å². The lowest BCUT2D eigenvalue weighted by molar-refractivity contribution is 0.126. The van der Waals surface area contributed by atoms with Crippen LogP contribution in [0.4, 0.5) is 0 Å². The Hall–Kier alpha value is -0.0800. The van der Waals surface area contributed by atoms with Crippen LogP contribution in [0.15, 0.2) is 0 Å². The minimum Gasteiger partial charge on any atom is -0.380 e. The van der Waals surface area contributed by atoms with Gasteiger partial charge in [0.15, 0.2) is 0 Å². The molecule has 0 aromatic heterocycles. The van der Waals surface area contributed by atoms with Gasteiger partial charge in [0.25, 0.3) is 0 Å². The topological polar surface area (TPSA) is 21.3 Å². The van der Waals surface area contributed by atoms with Gasteiger partial charge in [0, 0.05) is 13.2 Å². The van der Waals surface area contributed by atoms with E-state index in [4.69, 9.17) is 4.74 Å². The minimum absolute atomic E-state index is 0.744. The summed E-state index contributed by atoms with van der Waals surface area (Å²) in [4.78, 5) is 0. The highest BCUT2D eigenvalue weighted by molar-refractivity contribution is 4.71. The van der Waals surface area contributed by atoms with Crippen LogP contribution in [-0.2, 0) is 4.74 Å². The van der Waals surface area contributed by atoms with E-state index in [-0.39, 0.29) is 0 Å². The second-order valence-corrected chi connectivity index (χ2v) is 4.12. The van der Waals surface area contributed by atoms with Crippen molar-refractivity contribution >= 4 is 0 Å². The molecule has 0 saturated heterocycles. The van der Waals surface area contributed by atoms with Crippen molar-refractivity contribution in [3.63, 3.8) is 0 Å². The molecule has 0 radical (unpaired) electrons. The van der Waals surface area contributed by atoms with E-state index >= 15 is 0 Å². The molecule has 0 bridgehead atoms. The van der Waals surface area contributed by atoms with Crippen LogP contribution < -0.4 is 5.32 Å². The first-order chi connectivity index (χ1) is 5.79. The van der Waals surface area contributed by atoms with Crippen molar-refractivity contribution in [2.45, 2.75) is 26.7 Å². The van der Waals surface area contributed by atoms with Gasteiger partial charge in [-0.3, -0.25) is 0 Å². The molecule has 1 aliphatic rings. The van der Waals surface area contributed by atoms with Crippen molar-refractivity contribution in [1.82, 2.24) is 5.32 Å². The third kappa shape index (κ3) is 5.56. The normalized spacial score (nSPS) is 17.2. The van der Waals surface area contributed by atoms with E-state index in [1.54, 1.807) is 0 Å². The van der Waals surface area contributed by atoms with Crippen LogP contribution in [-0.4, -0.2) is 26.3 Å². The summed E-state index contributed by atoms with van der Waals surface area (Å²) in [6.07, 6.45) is 2.78. The molecule has 72 valence electrons. The summed E-state index contributed by atoms with van der Waals surface area (Å²) in [5.74, 6) is 1.64. The third-order valence-corrected chi connectivity index (χ3v) is 2.03. The molecule has 0 heterocycles. The van der Waals surface area contributed by atoms with E-state index in [9.17, 15) is 0 Å². The van der Waals surface area contributed by atoms with Crippen molar-refractivity contribution in [2.75, 3.05) is 26.3 Å². The summed E-state index contributed by atoms with van der Waals surface area (Å²) >= 11 is 0. The predicted octanol–water partition coefficient (Wildman–Crippen LogP) is 1.66. The van der Waals surface area contributed by atoms with Crippen molar-refractivity contribution in [3.8, 4) is 0 Å². The summed E-state index contributed by atoms with van der Waals surface area (Å²) < 4.78 is 5.48. The number of hydrogen-bond donors (Lipinski definition) is 1. The SMILES string of the molecule is CC(C)CNCCOCC1CC1. The van der Waals surface area contributed by atoms with Crippen LogP contribution in [0.25, 0.3) is 0 Å². The van der Waals surface area contributed by atoms with Gasteiger partial charge in [0.05, 0.1) is 6.61 Å². The maximum atomic E-state index is 5.48. The van der Waals surface area contributed by atoms with Crippen LogP contribution >= 0.6 is 0 Å². The first-order valence-corrected chi connectivity index (χ1v) is 5.07. The largest absolute Gasteiger partial charge is 0.380 e. The maximum Gasteiger partial charge on any atom is 0.0591 e. The molecule has 0 atom stereocenters. The van der Waals surface area contributed by atoms with Crippen LogP contribution in [0.3, 0.4) is 0 Å². The second kappa shape index (κ2) is 5.55. The zero-order valence-electron chi connectivity index (χ0n) is 8.31. The zero-order chi connectivity index (χ0) is 8.81. The van der Waals surface area contributed by atoms with Gasteiger partial charge in [-0.1, -0.05) is 13.8 Å². The smallest absolute Gasteiger partial charge is 0.0591 e. The molecule has 0 amide bonds. The van der Waals surface area contributed by atoms with Crippen LogP contribution in [0.5, 0.6) is 0 Å². The molecule has 0 aliphatic heterocycles.